The Kier molecular flexibility index (Phi) is 5.20. The van der Waals surface area contributed by atoms with E-state index in [0.29, 0.717) is 17.2 Å². The Bertz CT molecular complexity index is 285. The van der Waals surface area contributed by atoms with E-state index in [1.165, 1.54) is 6.42 Å². The lowest BCUT2D eigenvalue weighted by atomic mass is 9.96. The van der Waals surface area contributed by atoms with Crippen LogP contribution in [0.15, 0.2) is 16.7 Å². The summed E-state index contributed by atoms with van der Waals surface area (Å²) in [4.78, 5) is 0. The number of furan rings is 1. The van der Waals surface area contributed by atoms with Crippen molar-refractivity contribution in [2.75, 3.05) is 6.54 Å². The molecule has 0 fully saturated rings. The van der Waals surface area contributed by atoms with E-state index in [-0.39, 0.29) is 0 Å². The molecule has 2 atom stereocenters. The minimum Gasteiger partial charge on any atom is -0.453 e. The third kappa shape index (κ3) is 3.54. The lowest BCUT2D eigenvalue weighted by molar-refractivity contribution is 0.405. The largest absolute Gasteiger partial charge is 0.453 e. The van der Waals surface area contributed by atoms with Gasteiger partial charge in [0.2, 0.25) is 0 Å². The van der Waals surface area contributed by atoms with Crippen molar-refractivity contribution in [3.63, 3.8) is 0 Å². The van der Waals surface area contributed by atoms with Crippen molar-refractivity contribution in [2.24, 2.45) is 5.92 Å². The van der Waals surface area contributed by atoms with Crippen molar-refractivity contribution in [3.8, 4) is 0 Å². The van der Waals surface area contributed by atoms with Crippen molar-refractivity contribution in [1.29, 1.82) is 0 Å². The van der Waals surface area contributed by atoms with Crippen molar-refractivity contribution in [1.82, 2.24) is 5.32 Å². The van der Waals surface area contributed by atoms with Crippen LogP contribution in [-0.4, -0.2) is 6.54 Å². The molecule has 0 aromatic carbocycles. The topological polar surface area (TPSA) is 25.2 Å². The predicted molar refractivity (Wildman–Crippen MR) is 64.2 cm³/mol. The molecule has 0 saturated carbocycles. The van der Waals surface area contributed by atoms with Crippen LogP contribution in [0.3, 0.4) is 0 Å². The van der Waals surface area contributed by atoms with Crippen LogP contribution >= 0.6 is 11.6 Å². The van der Waals surface area contributed by atoms with Gasteiger partial charge in [0.25, 0.3) is 0 Å². The van der Waals surface area contributed by atoms with Gasteiger partial charge >= 0.3 is 0 Å². The van der Waals surface area contributed by atoms with Crippen molar-refractivity contribution >= 4 is 11.6 Å². The third-order valence-electron chi connectivity index (χ3n) is 2.81. The summed E-state index contributed by atoms with van der Waals surface area (Å²) in [5.41, 5.74) is 1.08. The molecule has 86 valence electrons. The van der Waals surface area contributed by atoms with Gasteiger partial charge in [-0.3, -0.25) is 0 Å². The molecule has 0 radical (unpaired) electrons. The first kappa shape index (κ1) is 12.6. The van der Waals surface area contributed by atoms with Gasteiger partial charge in [0.15, 0.2) is 5.22 Å². The normalized spacial score (nSPS) is 15.2. The molecule has 3 heteroatoms. The SMILES string of the molecule is CCNC(CC(C)CC)c1ccoc1Cl. The maximum Gasteiger partial charge on any atom is 0.197 e. The molecule has 1 N–H and O–H groups in total. The second-order valence-corrected chi connectivity index (χ2v) is 4.35. The first-order chi connectivity index (χ1) is 7.19. The van der Waals surface area contributed by atoms with Gasteiger partial charge in [0, 0.05) is 11.6 Å². The van der Waals surface area contributed by atoms with Crippen LogP contribution in [0.4, 0.5) is 0 Å². The van der Waals surface area contributed by atoms with E-state index in [1.54, 1.807) is 6.26 Å². The molecule has 1 aromatic heterocycles. The Labute approximate surface area is 97.0 Å². The van der Waals surface area contributed by atoms with Gasteiger partial charge in [-0.05, 0) is 36.6 Å². The summed E-state index contributed by atoms with van der Waals surface area (Å²) < 4.78 is 5.13. The highest BCUT2D eigenvalue weighted by atomic mass is 35.5. The minimum absolute atomic E-state index is 0.316. The lowest BCUT2D eigenvalue weighted by Crippen LogP contribution is -2.22. The molecular weight excluding hydrogens is 210 g/mol. The van der Waals surface area contributed by atoms with E-state index < -0.39 is 0 Å². The summed E-state index contributed by atoms with van der Waals surface area (Å²) in [6.07, 6.45) is 3.94. The Balaban J connectivity index is 2.69. The van der Waals surface area contributed by atoms with Crippen LogP contribution in [-0.2, 0) is 0 Å². The number of hydrogen-bond donors (Lipinski definition) is 1. The summed E-state index contributed by atoms with van der Waals surface area (Å²) in [5.74, 6) is 0.694. The van der Waals surface area contributed by atoms with Crippen molar-refractivity contribution in [3.05, 3.63) is 23.1 Å². The van der Waals surface area contributed by atoms with Gasteiger partial charge in [-0.15, -0.1) is 0 Å². The zero-order valence-corrected chi connectivity index (χ0v) is 10.5. The predicted octanol–water partition coefficient (Wildman–Crippen LogP) is 4.02. The molecule has 0 saturated heterocycles. The van der Waals surface area contributed by atoms with Crippen molar-refractivity contribution in [2.45, 2.75) is 39.7 Å². The second-order valence-electron chi connectivity index (χ2n) is 4.01. The average Bonchev–Trinajstić information content (AvgIpc) is 2.63. The van der Waals surface area contributed by atoms with E-state index in [0.717, 1.165) is 18.5 Å². The maximum absolute atomic E-state index is 5.99. The van der Waals surface area contributed by atoms with Crippen LogP contribution in [0.25, 0.3) is 0 Å². The molecule has 2 nitrogen and oxygen atoms in total. The average molecular weight is 230 g/mol. The van der Waals surface area contributed by atoms with E-state index in [2.05, 4.69) is 26.1 Å². The van der Waals surface area contributed by atoms with Gasteiger partial charge in [-0.2, -0.15) is 0 Å². The van der Waals surface area contributed by atoms with Gasteiger partial charge < -0.3 is 9.73 Å². The molecule has 0 bridgehead atoms. The molecule has 1 heterocycles. The number of nitrogens with one attached hydrogen (secondary N) is 1. The molecular formula is C12H20ClNO. The molecule has 0 aliphatic heterocycles. The highest BCUT2D eigenvalue weighted by Crippen LogP contribution is 2.29. The van der Waals surface area contributed by atoms with Crippen LogP contribution in [0.1, 0.15) is 45.2 Å². The minimum atomic E-state index is 0.316. The van der Waals surface area contributed by atoms with Gasteiger partial charge in [-0.1, -0.05) is 27.2 Å². The lowest BCUT2D eigenvalue weighted by Gasteiger charge is -2.20. The second kappa shape index (κ2) is 6.19. The van der Waals surface area contributed by atoms with E-state index in [1.807, 2.05) is 6.07 Å². The Morgan fingerprint density at radius 1 is 1.47 bits per heavy atom. The summed E-state index contributed by atoms with van der Waals surface area (Å²) in [5, 5.41) is 3.96. The molecule has 1 rings (SSSR count). The van der Waals surface area contributed by atoms with E-state index in [9.17, 15) is 0 Å². The highest BCUT2D eigenvalue weighted by Gasteiger charge is 2.17. The van der Waals surface area contributed by atoms with Crippen LogP contribution in [0, 0.1) is 5.92 Å². The monoisotopic (exact) mass is 229 g/mol. The molecule has 0 aliphatic rings. The zero-order valence-electron chi connectivity index (χ0n) is 9.72. The molecule has 0 aliphatic carbocycles. The van der Waals surface area contributed by atoms with E-state index in [4.69, 9.17) is 16.0 Å². The van der Waals surface area contributed by atoms with E-state index >= 15 is 0 Å². The molecule has 15 heavy (non-hydrogen) atoms. The first-order valence-electron chi connectivity index (χ1n) is 5.65. The fraction of sp³-hybridized carbons (Fsp3) is 0.667. The summed E-state index contributed by atoms with van der Waals surface area (Å²) in [6.45, 7) is 7.53. The summed E-state index contributed by atoms with van der Waals surface area (Å²) in [6, 6.07) is 2.27. The standard InChI is InChI=1S/C12H20ClNO/c1-4-9(3)8-11(14-5-2)10-6-7-15-12(10)13/h6-7,9,11,14H,4-5,8H2,1-3H3. The van der Waals surface area contributed by atoms with Gasteiger partial charge in [-0.25, -0.2) is 0 Å². The molecule has 0 amide bonds. The Morgan fingerprint density at radius 2 is 2.20 bits per heavy atom. The maximum atomic E-state index is 5.99. The number of rotatable bonds is 6. The highest BCUT2D eigenvalue weighted by molar-refractivity contribution is 6.29. The van der Waals surface area contributed by atoms with Crippen LogP contribution in [0.5, 0.6) is 0 Å². The molecule has 0 spiro atoms. The fourth-order valence-corrected chi connectivity index (χ4v) is 1.94. The van der Waals surface area contributed by atoms with Gasteiger partial charge in [0.05, 0.1) is 6.26 Å². The first-order valence-corrected chi connectivity index (χ1v) is 6.03. The van der Waals surface area contributed by atoms with Gasteiger partial charge in [0.1, 0.15) is 0 Å². The van der Waals surface area contributed by atoms with Crippen LogP contribution < -0.4 is 5.32 Å². The fourth-order valence-electron chi connectivity index (χ4n) is 1.69. The molecule has 1 aromatic rings. The van der Waals surface area contributed by atoms with Crippen LogP contribution in [0.2, 0.25) is 5.22 Å². The zero-order chi connectivity index (χ0) is 11.3. The summed E-state index contributed by atoms with van der Waals surface area (Å²) in [7, 11) is 0. The van der Waals surface area contributed by atoms with Crippen molar-refractivity contribution < 1.29 is 4.42 Å². The Hall–Kier alpha value is -0.470. The number of halogens is 1. The number of hydrogen-bond acceptors (Lipinski definition) is 2. The summed E-state index contributed by atoms with van der Waals surface area (Å²) >= 11 is 5.99. The quantitative estimate of drug-likeness (QED) is 0.797. The smallest absolute Gasteiger partial charge is 0.197 e. The molecule has 2 unspecified atom stereocenters. The third-order valence-corrected chi connectivity index (χ3v) is 3.11. The Morgan fingerprint density at radius 3 is 2.67 bits per heavy atom.